The van der Waals surface area contributed by atoms with Crippen LogP contribution in [-0.2, 0) is 6.54 Å². The van der Waals surface area contributed by atoms with E-state index in [9.17, 15) is 4.79 Å². The van der Waals surface area contributed by atoms with Gasteiger partial charge in [0.25, 0.3) is 5.56 Å². The molecule has 28 heavy (non-hydrogen) atoms. The number of rotatable bonds is 5. The van der Waals surface area contributed by atoms with Gasteiger partial charge in [0, 0.05) is 11.6 Å². The number of nitrogens with one attached hydrogen (secondary N) is 1. The summed E-state index contributed by atoms with van der Waals surface area (Å²) in [6, 6.07) is 24.7. The van der Waals surface area contributed by atoms with Crippen LogP contribution < -0.4 is 10.9 Å². The molecule has 3 aromatic carbocycles. The molecule has 0 fully saturated rings. The summed E-state index contributed by atoms with van der Waals surface area (Å²) in [5.41, 5.74) is 2.53. The molecule has 4 rings (SSSR count). The van der Waals surface area contributed by atoms with Gasteiger partial charge in [-0.2, -0.15) is 0 Å². The monoisotopic (exact) mass is 389 g/mol. The summed E-state index contributed by atoms with van der Waals surface area (Å²) in [4.78, 5) is 18.1. The first-order valence-electron chi connectivity index (χ1n) is 9.18. The number of benzene rings is 3. The van der Waals surface area contributed by atoms with E-state index in [2.05, 4.69) is 17.4 Å². The fraction of sp³-hybridized carbons (Fsp3) is 0.130. The second-order valence-electron chi connectivity index (χ2n) is 6.69. The molecule has 1 aromatic heterocycles. The minimum atomic E-state index is -0.131. The average molecular weight is 390 g/mol. The third-order valence-electron chi connectivity index (χ3n) is 4.73. The van der Waals surface area contributed by atoms with E-state index < -0.39 is 0 Å². The Morgan fingerprint density at radius 2 is 1.64 bits per heavy atom. The minimum absolute atomic E-state index is 0.0868. The Balaban J connectivity index is 1.80. The molecule has 0 radical (unpaired) electrons. The Hall–Kier alpha value is -2.95. The number of hydrogen-bond acceptors (Lipinski definition) is 3. The van der Waals surface area contributed by atoms with Crippen LogP contribution in [0.25, 0.3) is 16.6 Å². The van der Waals surface area contributed by atoms with Crippen molar-refractivity contribution in [2.45, 2.75) is 19.5 Å². The minimum Gasteiger partial charge on any atom is -0.303 e. The van der Waals surface area contributed by atoms with Gasteiger partial charge >= 0.3 is 0 Å². The second-order valence-corrected chi connectivity index (χ2v) is 7.13. The molecular formula is C23H20ClN3O. The van der Waals surface area contributed by atoms with Crippen LogP contribution in [0.1, 0.15) is 24.4 Å². The summed E-state index contributed by atoms with van der Waals surface area (Å²) < 4.78 is 1.67. The van der Waals surface area contributed by atoms with E-state index in [0.29, 0.717) is 28.3 Å². The average Bonchev–Trinajstić information content (AvgIpc) is 2.73. The summed E-state index contributed by atoms with van der Waals surface area (Å²) >= 11 is 6.04. The van der Waals surface area contributed by atoms with Gasteiger partial charge in [0.1, 0.15) is 5.82 Å². The maximum atomic E-state index is 13.3. The summed E-state index contributed by atoms with van der Waals surface area (Å²) in [6.45, 7) is 2.71. The van der Waals surface area contributed by atoms with Crippen LogP contribution >= 0.6 is 11.6 Å². The summed E-state index contributed by atoms with van der Waals surface area (Å²) in [7, 11) is 0. The third-order valence-corrected chi connectivity index (χ3v) is 4.98. The predicted molar refractivity (Wildman–Crippen MR) is 114 cm³/mol. The van der Waals surface area contributed by atoms with E-state index in [1.807, 2.05) is 61.5 Å². The first kappa shape index (κ1) is 18.4. The Morgan fingerprint density at radius 3 is 2.39 bits per heavy atom. The van der Waals surface area contributed by atoms with Crippen LogP contribution in [0.4, 0.5) is 0 Å². The van der Waals surface area contributed by atoms with Crippen molar-refractivity contribution in [3.05, 3.63) is 106 Å². The quantitative estimate of drug-likeness (QED) is 0.528. The first-order chi connectivity index (χ1) is 13.6. The topological polar surface area (TPSA) is 46.9 Å². The Morgan fingerprint density at radius 1 is 0.964 bits per heavy atom. The highest BCUT2D eigenvalue weighted by Crippen LogP contribution is 2.20. The molecule has 0 saturated carbocycles. The summed E-state index contributed by atoms with van der Waals surface area (Å²) in [5.74, 6) is 0.668. The van der Waals surface area contributed by atoms with E-state index in [1.165, 1.54) is 5.56 Å². The summed E-state index contributed by atoms with van der Waals surface area (Å²) in [6.07, 6.45) is 0. The number of hydrogen-bond donors (Lipinski definition) is 1. The highest BCUT2D eigenvalue weighted by molar-refractivity contribution is 6.30. The first-order valence-corrected chi connectivity index (χ1v) is 9.56. The van der Waals surface area contributed by atoms with Crippen molar-refractivity contribution in [1.29, 1.82) is 0 Å². The zero-order valence-corrected chi connectivity index (χ0v) is 16.2. The SMILES string of the molecule is C[C@@H](NCc1ccccc1)c1nc2ccccc2c(=O)n1-c1ccc(Cl)cc1. The molecule has 1 heterocycles. The normalized spacial score (nSPS) is 12.2. The molecule has 4 nitrogen and oxygen atoms in total. The van der Waals surface area contributed by atoms with Gasteiger partial charge in [0.05, 0.1) is 22.6 Å². The van der Waals surface area contributed by atoms with Gasteiger partial charge in [-0.15, -0.1) is 0 Å². The Bertz CT molecular complexity index is 1150. The smallest absolute Gasteiger partial charge is 0.266 e. The molecule has 0 aliphatic rings. The lowest BCUT2D eigenvalue weighted by Gasteiger charge is -2.20. The molecule has 1 atom stereocenters. The van der Waals surface area contributed by atoms with Gasteiger partial charge in [-0.25, -0.2) is 4.98 Å². The molecule has 0 aliphatic carbocycles. The highest BCUT2D eigenvalue weighted by Gasteiger charge is 2.17. The van der Waals surface area contributed by atoms with Crippen LogP contribution in [-0.4, -0.2) is 9.55 Å². The van der Waals surface area contributed by atoms with E-state index >= 15 is 0 Å². The maximum Gasteiger partial charge on any atom is 0.266 e. The van der Waals surface area contributed by atoms with E-state index in [4.69, 9.17) is 16.6 Å². The third kappa shape index (κ3) is 3.70. The maximum absolute atomic E-state index is 13.3. The number of aromatic nitrogens is 2. The molecule has 0 amide bonds. The zero-order chi connectivity index (χ0) is 19.5. The van der Waals surface area contributed by atoms with Crippen LogP contribution in [0.15, 0.2) is 83.7 Å². The molecule has 5 heteroatoms. The van der Waals surface area contributed by atoms with Crippen molar-refractivity contribution in [2.24, 2.45) is 0 Å². The number of nitrogens with zero attached hydrogens (tertiary/aromatic N) is 2. The molecule has 4 aromatic rings. The highest BCUT2D eigenvalue weighted by atomic mass is 35.5. The van der Waals surface area contributed by atoms with Gasteiger partial charge < -0.3 is 5.32 Å². The van der Waals surface area contributed by atoms with Crippen molar-refractivity contribution in [2.75, 3.05) is 0 Å². The largest absolute Gasteiger partial charge is 0.303 e. The van der Waals surface area contributed by atoms with Gasteiger partial charge in [-0.3, -0.25) is 9.36 Å². The van der Waals surface area contributed by atoms with Crippen molar-refractivity contribution in [3.8, 4) is 5.69 Å². The van der Waals surface area contributed by atoms with Crippen LogP contribution in [0, 0.1) is 0 Å². The number of para-hydroxylation sites is 1. The molecule has 0 bridgehead atoms. The van der Waals surface area contributed by atoms with Crippen LogP contribution in [0.2, 0.25) is 5.02 Å². The predicted octanol–water partition coefficient (Wildman–Crippen LogP) is 4.89. The van der Waals surface area contributed by atoms with E-state index in [-0.39, 0.29) is 11.6 Å². The second kappa shape index (κ2) is 7.97. The van der Waals surface area contributed by atoms with Crippen molar-refractivity contribution < 1.29 is 0 Å². The summed E-state index contributed by atoms with van der Waals surface area (Å²) in [5, 5.41) is 4.70. The lowest BCUT2D eigenvalue weighted by atomic mass is 10.2. The van der Waals surface area contributed by atoms with Crippen molar-refractivity contribution >= 4 is 22.5 Å². The Kier molecular flexibility index (Phi) is 5.24. The van der Waals surface area contributed by atoms with Crippen molar-refractivity contribution in [3.63, 3.8) is 0 Å². The molecule has 140 valence electrons. The molecule has 0 unspecified atom stereocenters. The fourth-order valence-electron chi connectivity index (χ4n) is 3.24. The van der Waals surface area contributed by atoms with Crippen molar-refractivity contribution in [1.82, 2.24) is 14.9 Å². The zero-order valence-electron chi connectivity index (χ0n) is 15.5. The lowest BCUT2D eigenvalue weighted by molar-refractivity contribution is 0.532. The van der Waals surface area contributed by atoms with Gasteiger partial charge in [0.15, 0.2) is 0 Å². The molecular weight excluding hydrogens is 370 g/mol. The fourth-order valence-corrected chi connectivity index (χ4v) is 3.36. The molecule has 1 N–H and O–H groups in total. The van der Waals surface area contributed by atoms with Gasteiger partial charge in [-0.1, -0.05) is 54.1 Å². The lowest BCUT2D eigenvalue weighted by Crippen LogP contribution is -2.30. The van der Waals surface area contributed by atoms with E-state index in [0.717, 1.165) is 5.69 Å². The van der Waals surface area contributed by atoms with E-state index in [1.54, 1.807) is 16.7 Å². The number of halogens is 1. The van der Waals surface area contributed by atoms with Crippen LogP contribution in [0.5, 0.6) is 0 Å². The van der Waals surface area contributed by atoms with Gasteiger partial charge in [0.2, 0.25) is 0 Å². The standard InChI is InChI=1S/C23H20ClN3O/c1-16(25-15-17-7-3-2-4-8-17)22-26-21-10-6-5-9-20(21)23(28)27(22)19-13-11-18(24)12-14-19/h2-14,16,25H,15H2,1H3/t16-/m1/s1. The van der Waals surface area contributed by atoms with Gasteiger partial charge in [-0.05, 0) is 48.9 Å². The Labute approximate surface area is 168 Å². The molecule has 0 saturated heterocycles. The molecule has 0 aliphatic heterocycles. The molecule has 0 spiro atoms. The number of fused-ring (bicyclic) bond motifs is 1. The van der Waals surface area contributed by atoms with Crippen LogP contribution in [0.3, 0.4) is 0 Å².